The first-order chi connectivity index (χ1) is 10.6. The number of carbonyl (C=O) groups excluding carboxylic acids is 1. The fraction of sp³-hybridized carbons (Fsp3) is 0.278. The Morgan fingerprint density at radius 3 is 2.73 bits per heavy atom. The molecule has 2 aromatic carbocycles. The van der Waals surface area contributed by atoms with Crippen LogP contribution in [0.25, 0.3) is 0 Å². The highest BCUT2D eigenvalue weighted by atomic mass is 79.9. The lowest BCUT2D eigenvalue weighted by Crippen LogP contribution is -2.33. The Labute approximate surface area is 138 Å². The number of carbonyl (C=O) groups is 1. The standard InChI is InChI=1S/C18H17BrN2O/c19-15-6-7-16-17-12(8-13(20)9-14(15)17)10-21(16)18(22)11-4-2-1-3-5-11/h1-7,12-13H,8-10,20H2/t12-,13+/m0/s1. The zero-order valence-corrected chi connectivity index (χ0v) is 13.7. The van der Waals surface area contributed by atoms with Gasteiger partial charge in [0.05, 0.1) is 0 Å². The number of benzene rings is 2. The predicted molar refractivity (Wildman–Crippen MR) is 91.3 cm³/mol. The van der Waals surface area contributed by atoms with E-state index in [2.05, 4.69) is 22.0 Å². The van der Waals surface area contributed by atoms with Crippen LogP contribution in [0.4, 0.5) is 5.69 Å². The Kier molecular flexibility index (Phi) is 3.31. The highest BCUT2D eigenvalue weighted by Gasteiger charge is 2.38. The Morgan fingerprint density at radius 1 is 1.18 bits per heavy atom. The van der Waals surface area contributed by atoms with Crippen molar-refractivity contribution in [2.45, 2.75) is 24.8 Å². The van der Waals surface area contributed by atoms with Crippen molar-refractivity contribution in [3.63, 3.8) is 0 Å². The Morgan fingerprint density at radius 2 is 1.95 bits per heavy atom. The van der Waals surface area contributed by atoms with Crippen molar-refractivity contribution < 1.29 is 4.79 Å². The lowest BCUT2D eigenvalue weighted by atomic mass is 9.81. The van der Waals surface area contributed by atoms with Crippen molar-refractivity contribution in [1.82, 2.24) is 0 Å². The minimum atomic E-state index is 0.0769. The fourth-order valence-electron chi connectivity index (χ4n) is 3.77. The quantitative estimate of drug-likeness (QED) is 0.850. The van der Waals surface area contributed by atoms with Crippen LogP contribution in [0.2, 0.25) is 0 Å². The average molecular weight is 357 g/mol. The minimum absolute atomic E-state index is 0.0769. The van der Waals surface area contributed by atoms with Crippen LogP contribution in [0.5, 0.6) is 0 Å². The van der Waals surface area contributed by atoms with Crippen LogP contribution in [-0.2, 0) is 6.42 Å². The van der Waals surface area contributed by atoms with E-state index in [1.54, 1.807) is 0 Å². The molecule has 2 atom stereocenters. The van der Waals surface area contributed by atoms with Crippen LogP contribution >= 0.6 is 15.9 Å². The van der Waals surface area contributed by atoms with Gasteiger partial charge in [-0.25, -0.2) is 0 Å². The summed E-state index contributed by atoms with van der Waals surface area (Å²) in [6.45, 7) is 0.736. The maximum Gasteiger partial charge on any atom is 0.258 e. The van der Waals surface area contributed by atoms with Gasteiger partial charge in [0.25, 0.3) is 5.91 Å². The number of halogens is 1. The number of nitrogens with two attached hydrogens (primary N) is 1. The number of hydrogen-bond donors (Lipinski definition) is 1. The van der Waals surface area contributed by atoms with E-state index in [4.69, 9.17) is 5.73 Å². The number of nitrogens with zero attached hydrogens (tertiary/aromatic N) is 1. The first-order valence-electron chi connectivity index (χ1n) is 7.59. The van der Waals surface area contributed by atoms with E-state index >= 15 is 0 Å². The molecule has 0 radical (unpaired) electrons. The van der Waals surface area contributed by atoms with Crippen LogP contribution in [0.3, 0.4) is 0 Å². The molecule has 4 rings (SSSR count). The second-order valence-electron chi connectivity index (χ2n) is 6.14. The number of rotatable bonds is 1. The van der Waals surface area contributed by atoms with E-state index in [-0.39, 0.29) is 11.9 Å². The summed E-state index contributed by atoms with van der Waals surface area (Å²) in [7, 11) is 0. The molecule has 2 N–H and O–H groups in total. The topological polar surface area (TPSA) is 46.3 Å². The van der Waals surface area contributed by atoms with Gasteiger partial charge < -0.3 is 10.6 Å². The SMILES string of the molecule is N[C@H]1Cc2c(Br)ccc3c2[C@@H](C1)CN3C(=O)c1ccccc1. The van der Waals surface area contributed by atoms with Gasteiger partial charge in [-0.05, 0) is 48.2 Å². The summed E-state index contributed by atoms with van der Waals surface area (Å²) in [4.78, 5) is 14.8. The molecule has 112 valence electrons. The molecular weight excluding hydrogens is 340 g/mol. The molecule has 4 heteroatoms. The van der Waals surface area contributed by atoms with Crippen LogP contribution in [-0.4, -0.2) is 18.5 Å². The fourth-order valence-corrected chi connectivity index (χ4v) is 4.27. The third-order valence-corrected chi connectivity index (χ3v) is 5.44. The van der Waals surface area contributed by atoms with Crippen molar-refractivity contribution in [3.05, 3.63) is 63.6 Å². The summed E-state index contributed by atoms with van der Waals surface area (Å²) in [6, 6.07) is 13.8. The van der Waals surface area contributed by atoms with E-state index in [1.165, 1.54) is 11.1 Å². The van der Waals surface area contributed by atoms with Gasteiger partial charge in [-0.1, -0.05) is 34.1 Å². The molecule has 0 spiro atoms. The molecule has 1 aliphatic heterocycles. The minimum Gasteiger partial charge on any atom is -0.327 e. The monoisotopic (exact) mass is 356 g/mol. The normalized spacial score (nSPS) is 22.5. The van der Waals surface area contributed by atoms with E-state index in [0.717, 1.165) is 35.1 Å². The van der Waals surface area contributed by atoms with Gasteiger partial charge in [-0.2, -0.15) is 0 Å². The number of hydrogen-bond acceptors (Lipinski definition) is 2. The highest BCUT2D eigenvalue weighted by Crippen LogP contribution is 2.46. The summed E-state index contributed by atoms with van der Waals surface area (Å²) >= 11 is 3.64. The average Bonchev–Trinajstić information content (AvgIpc) is 2.90. The Hall–Kier alpha value is -1.65. The third kappa shape index (κ3) is 2.09. The Balaban J connectivity index is 1.79. The smallest absolute Gasteiger partial charge is 0.258 e. The summed E-state index contributed by atoms with van der Waals surface area (Å²) < 4.78 is 1.11. The van der Waals surface area contributed by atoms with Crippen LogP contribution in [0, 0.1) is 0 Å². The maximum absolute atomic E-state index is 12.9. The maximum atomic E-state index is 12.9. The second-order valence-corrected chi connectivity index (χ2v) is 6.99. The number of anilines is 1. The highest BCUT2D eigenvalue weighted by molar-refractivity contribution is 9.10. The summed E-state index contributed by atoms with van der Waals surface area (Å²) in [5, 5.41) is 0. The van der Waals surface area contributed by atoms with E-state index in [0.29, 0.717) is 5.92 Å². The predicted octanol–water partition coefficient (Wildman–Crippen LogP) is 3.47. The molecule has 3 nitrogen and oxygen atoms in total. The molecular formula is C18H17BrN2O. The second kappa shape index (κ2) is 5.21. The lowest BCUT2D eigenvalue weighted by molar-refractivity contribution is 0.0988. The molecule has 0 saturated heterocycles. The number of amides is 1. The van der Waals surface area contributed by atoms with Gasteiger partial charge in [-0.3, -0.25) is 4.79 Å². The molecule has 1 amide bonds. The first-order valence-corrected chi connectivity index (χ1v) is 8.38. The van der Waals surface area contributed by atoms with Crippen molar-refractivity contribution in [1.29, 1.82) is 0 Å². The molecule has 2 aromatic rings. The van der Waals surface area contributed by atoms with Gasteiger partial charge >= 0.3 is 0 Å². The van der Waals surface area contributed by atoms with Crippen LogP contribution in [0.15, 0.2) is 46.9 Å². The van der Waals surface area contributed by atoms with Crippen LogP contribution in [0.1, 0.15) is 33.8 Å². The Bertz CT molecular complexity index is 744. The molecule has 0 fully saturated rings. The van der Waals surface area contributed by atoms with Crippen molar-refractivity contribution in [2.75, 3.05) is 11.4 Å². The van der Waals surface area contributed by atoms with Crippen molar-refractivity contribution in [3.8, 4) is 0 Å². The summed E-state index contributed by atoms with van der Waals surface area (Å²) in [5.41, 5.74) is 10.6. The molecule has 0 saturated carbocycles. The largest absolute Gasteiger partial charge is 0.327 e. The molecule has 1 aliphatic carbocycles. The van der Waals surface area contributed by atoms with Crippen LogP contribution < -0.4 is 10.6 Å². The molecule has 22 heavy (non-hydrogen) atoms. The van der Waals surface area contributed by atoms with Gasteiger partial charge in [-0.15, -0.1) is 0 Å². The van der Waals surface area contributed by atoms with E-state index in [9.17, 15) is 4.79 Å². The molecule has 0 unspecified atom stereocenters. The third-order valence-electron chi connectivity index (χ3n) is 4.70. The zero-order valence-electron chi connectivity index (χ0n) is 12.1. The lowest BCUT2D eigenvalue weighted by Gasteiger charge is -2.26. The molecule has 2 aliphatic rings. The van der Waals surface area contributed by atoms with Crippen molar-refractivity contribution >= 4 is 27.5 Å². The van der Waals surface area contributed by atoms with Gasteiger partial charge in [0.1, 0.15) is 0 Å². The zero-order chi connectivity index (χ0) is 15.3. The van der Waals surface area contributed by atoms with Gasteiger partial charge in [0.2, 0.25) is 0 Å². The first kappa shape index (κ1) is 14.0. The molecule has 0 bridgehead atoms. The van der Waals surface area contributed by atoms with Crippen molar-refractivity contribution in [2.24, 2.45) is 5.73 Å². The summed E-state index contributed by atoms with van der Waals surface area (Å²) in [5.74, 6) is 0.437. The van der Waals surface area contributed by atoms with E-state index < -0.39 is 0 Å². The summed E-state index contributed by atoms with van der Waals surface area (Å²) in [6.07, 6.45) is 1.84. The molecule has 0 aromatic heterocycles. The van der Waals surface area contributed by atoms with Gasteiger partial charge in [0.15, 0.2) is 0 Å². The van der Waals surface area contributed by atoms with E-state index in [1.807, 2.05) is 41.3 Å². The van der Waals surface area contributed by atoms with Gasteiger partial charge in [0, 0.05) is 34.2 Å². The molecule has 1 heterocycles.